The molecule has 4 rings (SSSR count). The number of allylic oxidation sites excluding steroid dienone is 1. The van der Waals surface area contributed by atoms with E-state index in [1.165, 1.54) is 5.69 Å². The minimum atomic E-state index is 0.141. The number of fused-ring (bicyclic) bond motifs is 1. The molecule has 2 aromatic carbocycles. The second-order valence-corrected chi connectivity index (χ2v) is 7.40. The maximum atomic E-state index is 12.8. The van der Waals surface area contributed by atoms with Crippen LogP contribution in [0.4, 0.5) is 5.69 Å². The molecule has 27 heavy (non-hydrogen) atoms. The highest BCUT2D eigenvalue weighted by molar-refractivity contribution is 6.13. The van der Waals surface area contributed by atoms with Gasteiger partial charge in [0.2, 0.25) is 0 Å². The van der Waals surface area contributed by atoms with Crippen molar-refractivity contribution in [2.24, 2.45) is 0 Å². The van der Waals surface area contributed by atoms with E-state index in [1.54, 1.807) is 7.11 Å². The summed E-state index contributed by atoms with van der Waals surface area (Å²) in [6.07, 6.45) is 3.70. The largest absolute Gasteiger partial charge is 0.497 e. The van der Waals surface area contributed by atoms with Crippen LogP contribution in [0.5, 0.6) is 5.75 Å². The lowest BCUT2D eigenvalue weighted by Crippen LogP contribution is -2.44. The lowest BCUT2D eigenvalue weighted by atomic mass is 9.86. The summed E-state index contributed by atoms with van der Waals surface area (Å²) in [6, 6.07) is 14.3. The van der Waals surface area contributed by atoms with Crippen molar-refractivity contribution in [3.05, 3.63) is 64.7 Å². The quantitative estimate of drug-likeness (QED) is 0.780. The van der Waals surface area contributed by atoms with Gasteiger partial charge in [0.1, 0.15) is 5.75 Å². The third-order valence-electron chi connectivity index (χ3n) is 5.61. The average molecular weight is 362 g/mol. The molecule has 0 N–H and O–H groups in total. The number of piperazine rings is 1. The highest BCUT2D eigenvalue weighted by Crippen LogP contribution is 2.29. The Morgan fingerprint density at radius 1 is 0.963 bits per heavy atom. The number of Topliss-reactive ketones (excluding diaryl/α,β-unsaturated/α-hetero) is 1. The number of ketones is 1. The van der Waals surface area contributed by atoms with Gasteiger partial charge in [-0.25, -0.2) is 0 Å². The third-order valence-corrected chi connectivity index (χ3v) is 5.61. The number of benzene rings is 2. The van der Waals surface area contributed by atoms with Gasteiger partial charge in [-0.3, -0.25) is 4.79 Å². The maximum Gasteiger partial charge on any atom is 0.189 e. The molecule has 1 fully saturated rings. The molecule has 0 amide bonds. The molecule has 1 aliphatic heterocycles. The Hall–Kier alpha value is -2.59. The maximum absolute atomic E-state index is 12.8. The molecule has 0 spiro atoms. The minimum Gasteiger partial charge on any atom is -0.497 e. The summed E-state index contributed by atoms with van der Waals surface area (Å²) < 4.78 is 5.27. The van der Waals surface area contributed by atoms with E-state index >= 15 is 0 Å². The molecule has 0 atom stereocenters. The van der Waals surface area contributed by atoms with Gasteiger partial charge in [-0.1, -0.05) is 12.1 Å². The number of carbonyl (C=O) groups excluding carboxylic acids is 1. The molecular weight excluding hydrogens is 336 g/mol. The number of carbonyl (C=O) groups is 1. The van der Waals surface area contributed by atoms with Gasteiger partial charge in [0.15, 0.2) is 5.78 Å². The fourth-order valence-electron chi connectivity index (χ4n) is 3.87. The van der Waals surface area contributed by atoms with E-state index in [-0.39, 0.29) is 5.78 Å². The molecule has 4 nitrogen and oxygen atoms in total. The number of aryl methyl sites for hydroxylation is 1. The normalized spacial score (nSPS) is 19.3. The first-order valence-electron chi connectivity index (χ1n) is 9.60. The standard InChI is InChI=1S/C23H26N2O2/c1-24-11-13-25(14-12-24)20-7-3-17(4-8-20)15-19-6-5-18-16-21(27-2)9-10-22(18)23(19)26/h3-4,7-10,15-16H,5-6,11-14H2,1-2H3. The van der Waals surface area contributed by atoms with Gasteiger partial charge in [-0.2, -0.15) is 0 Å². The van der Waals surface area contributed by atoms with Gasteiger partial charge in [0, 0.05) is 43.0 Å². The number of rotatable bonds is 3. The van der Waals surface area contributed by atoms with Crippen LogP contribution in [0, 0.1) is 0 Å². The summed E-state index contributed by atoms with van der Waals surface area (Å²) in [5, 5.41) is 0. The first-order chi connectivity index (χ1) is 13.1. The monoisotopic (exact) mass is 362 g/mol. The Labute approximate surface area is 161 Å². The van der Waals surface area contributed by atoms with Crippen molar-refractivity contribution < 1.29 is 9.53 Å². The van der Waals surface area contributed by atoms with E-state index in [2.05, 4.69) is 41.1 Å². The van der Waals surface area contributed by atoms with Gasteiger partial charge in [-0.15, -0.1) is 0 Å². The molecular formula is C23H26N2O2. The predicted molar refractivity (Wildman–Crippen MR) is 110 cm³/mol. The molecule has 140 valence electrons. The van der Waals surface area contributed by atoms with Gasteiger partial charge in [0.25, 0.3) is 0 Å². The van der Waals surface area contributed by atoms with Crippen LogP contribution in [-0.4, -0.2) is 51.0 Å². The number of anilines is 1. The topological polar surface area (TPSA) is 32.8 Å². The predicted octanol–water partition coefficient (Wildman–Crippen LogP) is 3.66. The molecule has 1 saturated heterocycles. The third kappa shape index (κ3) is 3.76. The highest BCUT2D eigenvalue weighted by atomic mass is 16.5. The second kappa shape index (κ2) is 7.57. The fourth-order valence-corrected chi connectivity index (χ4v) is 3.87. The number of hydrogen-bond acceptors (Lipinski definition) is 4. The first kappa shape index (κ1) is 17.8. The molecule has 1 aliphatic carbocycles. The Morgan fingerprint density at radius 2 is 1.70 bits per heavy atom. The van der Waals surface area contributed by atoms with Crippen LogP contribution < -0.4 is 9.64 Å². The van der Waals surface area contributed by atoms with Crippen molar-refractivity contribution in [2.45, 2.75) is 12.8 Å². The summed E-state index contributed by atoms with van der Waals surface area (Å²) >= 11 is 0. The molecule has 1 heterocycles. The average Bonchev–Trinajstić information content (AvgIpc) is 2.71. The summed E-state index contributed by atoms with van der Waals surface area (Å²) in [5.74, 6) is 0.954. The van der Waals surface area contributed by atoms with Crippen molar-refractivity contribution in [2.75, 3.05) is 45.2 Å². The van der Waals surface area contributed by atoms with E-state index < -0.39 is 0 Å². The summed E-state index contributed by atoms with van der Waals surface area (Å²) in [5.41, 5.74) is 5.13. The van der Waals surface area contributed by atoms with Crippen LogP contribution >= 0.6 is 0 Å². The number of nitrogens with zero attached hydrogens (tertiary/aromatic N) is 2. The van der Waals surface area contributed by atoms with Crippen LogP contribution in [-0.2, 0) is 6.42 Å². The lowest BCUT2D eigenvalue weighted by molar-refractivity contribution is 0.102. The van der Waals surface area contributed by atoms with E-state index in [4.69, 9.17) is 4.74 Å². The Bertz CT molecular complexity index is 862. The fraction of sp³-hybridized carbons (Fsp3) is 0.348. The van der Waals surface area contributed by atoms with Crippen LogP contribution in [0.25, 0.3) is 6.08 Å². The number of hydrogen-bond donors (Lipinski definition) is 0. The van der Waals surface area contributed by atoms with Crippen molar-refractivity contribution in [3.63, 3.8) is 0 Å². The molecule has 0 unspecified atom stereocenters. The van der Waals surface area contributed by atoms with E-state index in [1.807, 2.05) is 24.3 Å². The molecule has 0 aromatic heterocycles. The highest BCUT2D eigenvalue weighted by Gasteiger charge is 2.22. The number of likely N-dealkylation sites (N-methyl/N-ethyl adjacent to an activating group) is 1. The van der Waals surface area contributed by atoms with E-state index in [0.29, 0.717) is 0 Å². The zero-order valence-electron chi connectivity index (χ0n) is 16.1. The zero-order chi connectivity index (χ0) is 18.8. The smallest absolute Gasteiger partial charge is 0.189 e. The van der Waals surface area contributed by atoms with Crippen LogP contribution in [0.1, 0.15) is 27.9 Å². The number of methoxy groups -OCH3 is 1. The summed E-state index contributed by atoms with van der Waals surface area (Å²) in [7, 11) is 3.82. The van der Waals surface area contributed by atoms with Crippen molar-refractivity contribution >= 4 is 17.5 Å². The Kier molecular flexibility index (Phi) is 4.99. The molecule has 0 radical (unpaired) electrons. The van der Waals surface area contributed by atoms with Crippen LogP contribution in [0.2, 0.25) is 0 Å². The molecule has 4 heteroatoms. The second-order valence-electron chi connectivity index (χ2n) is 7.40. The zero-order valence-corrected chi connectivity index (χ0v) is 16.1. The van der Waals surface area contributed by atoms with Crippen molar-refractivity contribution in [1.82, 2.24) is 4.90 Å². The SMILES string of the molecule is COc1ccc2c(c1)CCC(=Cc1ccc(N3CCN(C)CC3)cc1)C2=O. The summed E-state index contributed by atoms with van der Waals surface area (Å²) in [4.78, 5) is 17.6. The van der Waals surface area contributed by atoms with Crippen LogP contribution in [0.15, 0.2) is 48.0 Å². The van der Waals surface area contributed by atoms with Crippen LogP contribution in [0.3, 0.4) is 0 Å². The molecule has 2 aliphatic rings. The Balaban J connectivity index is 1.51. The Morgan fingerprint density at radius 3 is 2.41 bits per heavy atom. The van der Waals surface area contributed by atoms with Crippen molar-refractivity contribution in [1.29, 1.82) is 0 Å². The van der Waals surface area contributed by atoms with Gasteiger partial charge >= 0.3 is 0 Å². The van der Waals surface area contributed by atoms with Crippen molar-refractivity contribution in [3.8, 4) is 5.75 Å². The molecule has 2 aromatic rings. The first-order valence-corrected chi connectivity index (χ1v) is 9.60. The van der Waals surface area contributed by atoms with E-state index in [9.17, 15) is 4.79 Å². The van der Waals surface area contributed by atoms with Gasteiger partial charge < -0.3 is 14.5 Å². The minimum absolute atomic E-state index is 0.141. The van der Waals surface area contributed by atoms with Gasteiger partial charge in [0.05, 0.1) is 7.11 Å². The van der Waals surface area contributed by atoms with E-state index in [0.717, 1.165) is 67.0 Å². The summed E-state index contributed by atoms with van der Waals surface area (Å²) in [6.45, 7) is 4.33. The van der Waals surface area contributed by atoms with Gasteiger partial charge in [-0.05, 0) is 67.4 Å². The number of ether oxygens (including phenoxy) is 1. The molecule has 0 bridgehead atoms. The lowest BCUT2D eigenvalue weighted by Gasteiger charge is -2.34. The molecule has 0 saturated carbocycles.